The van der Waals surface area contributed by atoms with Gasteiger partial charge in [0.05, 0.1) is 10.6 Å². The van der Waals surface area contributed by atoms with E-state index < -0.39 is 0 Å². The molecular weight excluding hydrogens is 304 g/mol. The van der Waals surface area contributed by atoms with Crippen LogP contribution in [0, 0.1) is 0 Å². The predicted octanol–water partition coefficient (Wildman–Crippen LogP) is 4.41. The smallest absolute Gasteiger partial charge is 0.126 e. The molecule has 0 amide bonds. The molecule has 0 spiro atoms. The second-order valence-electron chi connectivity index (χ2n) is 4.92. The highest BCUT2D eigenvalue weighted by Crippen LogP contribution is 2.31. The number of nitrogens with one attached hydrogen (secondary N) is 1. The van der Waals surface area contributed by atoms with E-state index in [9.17, 15) is 0 Å². The summed E-state index contributed by atoms with van der Waals surface area (Å²) in [6.45, 7) is 8.71. The lowest BCUT2D eigenvalue weighted by Crippen LogP contribution is -2.28. The Morgan fingerprint density at radius 3 is 2.67 bits per heavy atom. The van der Waals surface area contributed by atoms with E-state index in [-0.39, 0.29) is 6.04 Å². The molecule has 3 nitrogen and oxygen atoms in total. The van der Waals surface area contributed by atoms with Crippen LogP contribution in [-0.2, 0) is 0 Å². The third kappa shape index (κ3) is 4.85. The normalized spacial score (nSPS) is 13.0. The highest BCUT2D eigenvalue weighted by atomic mass is 35.5. The standard InChI is InChI=1S/C16H23ClN2OS/c1-3-19(4-2)11-6-10-18-16(13-7-5-12-20-13)14-8-9-15(17)21-14/h5,7-9,12,16,18H,3-4,6,10-11H2,1-2H3. The van der Waals surface area contributed by atoms with Crippen molar-refractivity contribution in [3.05, 3.63) is 45.5 Å². The van der Waals surface area contributed by atoms with Crippen LogP contribution in [-0.4, -0.2) is 31.1 Å². The minimum Gasteiger partial charge on any atom is -0.467 e. The fourth-order valence-electron chi connectivity index (χ4n) is 2.37. The molecule has 0 aliphatic carbocycles. The molecule has 2 heterocycles. The quantitative estimate of drug-likeness (QED) is 0.692. The molecular formula is C16H23ClN2OS. The van der Waals surface area contributed by atoms with Crippen LogP contribution in [0.5, 0.6) is 0 Å². The van der Waals surface area contributed by atoms with Crippen molar-refractivity contribution in [3.63, 3.8) is 0 Å². The molecule has 0 aliphatic heterocycles. The first-order valence-electron chi connectivity index (χ1n) is 7.49. The van der Waals surface area contributed by atoms with Gasteiger partial charge in [-0.15, -0.1) is 11.3 Å². The molecule has 21 heavy (non-hydrogen) atoms. The van der Waals surface area contributed by atoms with Crippen molar-refractivity contribution in [2.75, 3.05) is 26.2 Å². The predicted molar refractivity (Wildman–Crippen MR) is 90.3 cm³/mol. The van der Waals surface area contributed by atoms with Gasteiger partial charge < -0.3 is 14.6 Å². The van der Waals surface area contributed by atoms with Crippen molar-refractivity contribution < 1.29 is 4.42 Å². The van der Waals surface area contributed by atoms with Gasteiger partial charge in [0, 0.05) is 4.88 Å². The Morgan fingerprint density at radius 2 is 2.10 bits per heavy atom. The van der Waals surface area contributed by atoms with Crippen LogP contribution in [0.2, 0.25) is 4.34 Å². The summed E-state index contributed by atoms with van der Waals surface area (Å²) >= 11 is 7.66. The molecule has 2 rings (SSSR count). The fraction of sp³-hybridized carbons (Fsp3) is 0.500. The molecule has 2 aromatic rings. The average Bonchev–Trinajstić information content (AvgIpc) is 3.15. The molecule has 0 bridgehead atoms. The van der Waals surface area contributed by atoms with Gasteiger partial charge in [0.2, 0.25) is 0 Å². The minimum atomic E-state index is 0.0919. The van der Waals surface area contributed by atoms with Crippen molar-refractivity contribution in [1.29, 1.82) is 0 Å². The van der Waals surface area contributed by atoms with Crippen molar-refractivity contribution in [3.8, 4) is 0 Å². The molecule has 5 heteroatoms. The summed E-state index contributed by atoms with van der Waals surface area (Å²) in [5.74, 6) is 0.941. The first kappa shape index (κ1) is 16.6. The zero-order valence-electron chi connectivity index (χ0n) is 12.6. The Bertz CT molecular complexity index is 508. The zero-order valence-corrected chi connectivity index (χ0v) is 14.2. The molecule has 116 valence electrons. The lowest BCUT2D eigenvalue weighted by molar-refractivity contribution is 0.295. The van der Waals surface area contributed by atoms with Gasteiger partial charge in [0.1, 0.15) is 11.8 Å². The van der Waals surface area contributed by atoms with Gasteiger partial charge >= 0.3 is 0 Å². The van der Waals surface area contributed by atoms with E-state index in [1.54, 1.807) is 17.6 Å². The summed E-state index contributed by atoms with van der Waals surface area (Å²) in [5.41, 5.74) is 0. The van der Waals surface area contributed by atoms with Gasteiger partial charge in [-0.2, -0.15) is 0 Å². The highest BCUT2D eigenvalue weighted by molar-refractivity contribution is 7.16. The monoisotopic (exact) mass is 326 g/mol. The number of nitrogens with zero attached hydrogens (tertiary/aromatic N) is 1. The second-order valence-corrected chi connectivity index (χ2v) is 6.67. The summed E-state index contributed by atoms with van der Waals surface area (Å²) in [6, 6.07) is 8.03. The topological polar surface area (TPSA) is 28.4 Å². The Labute approximate surface area is 135 Å². The first-order valence-corrected chi connectivity index (χ1v) is 8.68. The van der Waals surface area contributed by atoms with E-state index in [2.05, 4.69) is 30.1 Å². The van der Waals surface area contributed by atoms with Crippen LogP contribution in [0.1, 0.15) is 36.9 Å². The van der Waals surface area contributed by atoms with Crippen LogP contribution >= 0.6 is 22.9 Å². The van der Waals surface area contributed by atoms with Crippen LogP contribution in [0.15, 0.2) is 34.9 Å². The number of halogens is 1. The third-order valence-electron chi connectivity index (χ3n) is 3.60. The summed E-state index contributed by atoms with van der Waals surface area (Å²) < 4.78 is 6.38. The summed E-state index contributed by atoms with van der Waals surface area (Å²) in [4.78, 5) is 3.63. The highest BCUT2D eigenvalue weighted by Gasteiger charge is 2.18. The van der Waals surface area contributed by atoms with Crippen LogP contribution in [0.25, 0.3) is 0 Å². The van der Waals surface area contributed by atoms with Crippen LogP contribution in [0.3, 0.4) is 0 Å². The number of thiophene rings is 1. The van der Waals surface area contributed by atoms with Gasteiger partial charge in [-0.1, -0.05) is 25.4 Å². The average molecular weight is 327 g/mol. The van der Waals surface area contributed by atoms with E-state index in [1.807, 2.05) is 18.2 Å². The van der Waals surface area contributed by atoms with Crippen molar-refractivity contribution in [2.45, 2.75) is 26.3 Å². The first-order chi connectivity index (χ1) is 10.2. The molecule has 1 unspecified atom stereocenters. The minimum absolute atomic E-state index is 0.0919. The Hall–Kier alpha value is -0.810. The fourth-order valence-corrected chi connectivity index (χ4v) is 3.51. The molecule has 0 saturated heterocycles. The van der Waals surface area contributed by atoms with E-state index >= 15 is 0 Å². The van der Waals surface area contributed by atoms with Gasteiger partial charge in [0.15, 0.2) is 0 Å². The number of rotatable bonds is 9. The summed E-state index contributed by atoms with van der Waals surface area (Å²) in [7, 11) is 0. The van der Waals surface area contributed by atoms with Gasteiger partial charge in [-0.3, -0.25) is 0 Å². The molecule has 1 atom stereocenters. The lowest BCUT2D eigenvalue weighted by atomic mass is 10.2. The molecule has 0 aliphatic rings. The SMILES string of the molecule is CCN(CC)CCCNC(c1ccco1)c1ccc(Cl)s1. The molecule has 0 aromatic carbocycles. The number of furan rings is 1. The largest absolute Gasteiger partial charge is 0.467 e. The third-order valence-corrected chi connectivity index (χ3v) is 4.90. The maximum Gasteiger partial charge on any atom is 0.126 e. The Morgan fingerprint density at radius 1 is 1.29 bits per heavy atom. The maximum absolute atomic E-state index is 6.06. The van der Waals surface area contributed by atoms with Crippen LogP contribution in [0.4, 0.5) is 0 Å². The van der Waals surface area contributed by atoms with Crippen molar-refractivity contribution >= 4 is 22.9 Å². The van der Waals surface area contributed by atoms with Gasteiger partial charge in [-0.05, 0) is 56.9 Å². The van der Waals surface area contributed by atoms with Gasteiger partial charge in [0.25, 0.3) is 0 Å². The van der Waals surface area contributed by atoms with Gasteiger partial charge in [-0.25, -0.2) is 0 Å². The second kappa shape index (κ2) is 8.59. The molecule has 0 fully saturated rings. The zero-order chi connectivity index (χ0) is 15.1. The molecule has 0 radical (unpaired) electrons. The van der Waals surface area contributed by atoms with E-state index in [1.165, 1.54) is 4.88 Å². The number of hydrogen-bond acceptors (Lipinski definition) is 4. The van der Waals surface area contributed by atoms with Crippen LogP contribution < -0.4 is 5.32 Å². The number of hydrogen-bond donors (Lipinski definition) is 1. The Balaban J connectivity index is 1.92. The summed E-state index contributed by atoms with van der Waals surface area (Å²) in [5, 5.41) is 3.59. The van der Waals surface area contributed by atoms with E-state index in [4.69, 9.17) is 16.0 Å². The lowest BCUT2D eigenvalue weighted by Gasteiger charge is -2.19. The Kier molecular flexibility index (Phi) is 6.77. The van der Waals surface area contributed by atoms with Crippen molar-refractivity contribution in [1.82, 2.24) is 10.2 Å². The molecule has 2 aromatic heterocycles. The van der Waals surface area contributed by atoms with Crippen molar-refractivity contribution in [2.24, 2.45) is 0 Å². The maximum atomic E-state index is 6.06. The summed E-state index contributed by atoms with van der Waals surface area (Å²) in [6.07, 6.45) is 2.84. The molecule has 0 saturated carbocycles. The van der Waals surface area contributed by atoms with E-state index in [0.717, 1.165) is 42.7 Å². The van der Waals surface area contributed by atoms with E-state index in [0.29, 0.717) is 0 Å². The molecule has 1 N–H and O–H groups in total.